The Bertz CT molecular complexity index is 3310. The highest BCUT2D eigenvalue weighted by atomic mass is 19.4. The molecule has 3 aliphatic heterocycles. The van der Waals surface area contributed by atoms with Crippen LogP contribution in [0.3, 0.4) is 0 Å². The lowest BCUT2D eigenvalue weighted by Crippen LogP contribution is -2.71. The van der Waals surface area contributed by atoms with Gasteiger partial charge in [0.1, 0.15) is 72.1 Å². The van der Waals surface area contributed by atoms with Crippen molar-refractivity contribution < 1.29 is 102 Å². The molecule has 1 spiro atoms. The predicted molar refractivity (Wildman–Crippen MR) is 392 cm³/mol. The first-order chi connectivity index (χ1) is 51.9. The second kappa shape index (κ2) is 38.7. The lowest BCUT2D eigenvalue weighted by Gasteiger charge is -2.54. The summed E-state index contributed by atoms with van der Waals surface area (Å²) in [5, 5.41) is 8.41. The molecule has 6 fully saturated rings. The molecule has 2 saturated heterocycles. The van der Waals surface area contributed by atoms with Gasteiger partial charge < -0.3 is 69.5 Å². The van der Waals surface area contributed by atoms with Crippen LogP contribution in [-0.4, -0.2) is 302 Å². The Hall–Kier alpha value is -7.26. The molecular formula is C77H120F8N12O14. The second-order valence-electron chi connectivity index (χ2n) is 33.3. The van der Waals surface area contributed by atoms with E-state index in [0.717, 1.165) is 29.4 Å². The van der Waals surface area contributed by atoms with Crippen molar-refractivity contribution in [3.63, 3.8) is 0 Å². The Morgan fingerprint density at radius 2 is 1.28 bits per heavy atom. The minimum Gasteiger partial charge on any atom is -0.379 e. The molecule has 26 nitrogen and oxygen atoms in total. The molecule has 4 aliphatic carbocycles. The summed E-state index contributed by atoms with van der Waals surface area (Å²) in [6.45, 7) is 8.40. The summed E-state index contributed by atoms with van der Waals surface area (Å²) in [5.74, 6) is -17.3. The van der Waals surface area contributed by atoms with Crippen LogP contribution in [0.4, 0.5) is 35.1 Å². The molecule has 12 amide bonds. The first-order valence-electron chi connectivity index (χ1n) is 39.5. The number of ether oxygens (including phenoxy) is 2. The zero-order valence-electron chi connectivity index (χ0n) is 67.0. The van der Waals surface area contributed by atoms with E-state index in [1.54, 1.807) is 32.9 Å². The highest BCUT2D eigenvalue weighted by molar-refractivity contribution is 6.01. The lowest BCUT2D eigenvalue weighted by atomic mass is 9.58. The van der Waals surface area contributed by atoms with Gasteiger partial charge >= 0.3 is 12.4 Å². The molecule has 2 bridgehead atoms. The SMILES string of the molecule is CCCOC[C@H]1C(=O)N[C@@H]([C@@H](C)CC)C(=O)N(C)CC(=O)N(C)[C@H]2C/C=C\CCN(C2=O)[C@@H](CC2CCC(C(F)(F)F)CC2)C(=O)N(C)CC(=O)N[C@@H](CCC2CC(F)C(C(F)(F)F)C(F)C2)C(=O)N2C[C@H](OCC)C[C@H]2C(=O)NC2(CC(C)(C)C2)C(=O)N(C)[C@@H](C2CCCC2)C(=O)N(C)[C@H](C(=O)N(C)C)CC(=O)N1C. The number of alkyl halides is 8. The quantitative estimate of drug-likeness (QED) is 0.0913. The van der Waals surface area contributed by atoms with Gasteiger partial charge in [-0.25, -0.2) is 8.78 Å². The van der Waals surface area contributed by atoms with Gasteiger partial charge in [0.15, 0.2) is 0 Å². The van der Waals surface area contributed by atoms with Gasteiger partial charge in [0.2, 0.25) is 70.9 Å². The van der Waals surface area contributed by atoms with Crippen molar-refractivity contribution in [2.75, 3.05) is 102 Å². The molecule has 3 heterocycles. The molecule has 34 heteroatoms. The van der Waals surface area contributed by atoms with E-state index in [1.165, 1.54) is 71.1 Å². The number of amides is 12. The summed E-state index contributed by atoms with van der Waals surface area (Å²) in [5.41, 5.74) is -2.39. The van der Waals surface area contributed by atoms with E-state index in [9.17, 15) is 55.1 Å². The van der Waals surface area contributed by atoms with Gasteiger partial charge in [0, 0.05) is 89.1 Å². The number of halogens is 8. The fourth-order valence-electron chi connectivity index (χ4n) is 17.8. The topological polar surface area (TPSA) is 289 Å². The predicted octanol–water partition coefficient (Wildman–Crippen LogP) is 6.37. The Labute approximate surface area is 647 Å². The van der Waals surface area contributed by atoms with E-state index in [2.05, 4.69) is 16.0 Å². The fourth-order valence-corrected chi connectivity index (χ4v) is 17.8. The van der Waals surface area contributed by atoms with Crippen LogP contribution < -0.4 is 16.0 Å². The molecule has 628 valence electrons. The number of hydrogen-bond donors (Lipinski definition) is 3. The number of rotatable bonds is 15. The largest absolute Gasteiger partial charge is 0.397 e. The molecule has 2 unspecified atom stereocenters. The van der Waals surface area contributed by atoms with Gasteiger partial charge in [-0.3, -0.25) is 57.5 Å². The fraction of sp³-hybridized carbons (Fsp3) is 0.818. The van der Waals surface area contributed by atoms with E-state index < -0.39 is 242 Å². The molecular weight excluding hydrogens is 1470 g/mol. The molecule has 4 saturated carbocycles. The van der Waals surface area contributed by atoms with Crippen LogP contribution in [0, 0.1) is 40.9 Å². The molecule has 0 aromatic carbocycles. The van der Waals surface area contributed by atoms with Gasteiger partial charge in [-0.15, -0.1) is 0 Å². The smallest absolute Gasteiger partial charge is 0.379 e. The zero-order valence-corrected chi connectivity index (χ0v) is 67.0. The number of likely N-dealkylation sites (N-methyl/N-ethyl adjacent to an activating group) is 7. The van der Waals surface area contributed by atoms with E-state index in [4.69, 9.17) is 9.47 Å². The van der Waals surface area contributed by atoms with Gasteiger partial charge in [-0.05, 0) is 139 Å². The van der Waals surface area contributed by atoms with E-state index >= 15 is 37.5 Å². The molecule has 0 aromatic heterocycles. The minimum absolute atomic E-state index is 0.00108. The Balaban J connectivity index is 1.34. The molecule has 7 rings (SSSR count). The number of carbonyl (C=O) groups excluding carboxylic acids is 12. The Morgan fingerprint density at radius 3 is 1.85 bits per heavy atom. The maximum absolute atomic E-state index is 15.8. The standard InChI is InChI=1S/C77H120F8N12O14/c1-15-33-110-42-58-65(101)87-63(45(4)16-2)71(107)91(10)41-61(100)92(11)54-25-19-18-22-32-96(70(54)106)57(36-46-26-29-49(30-27-46)76(80,81)82)69(105)90(9)40-59(98)86-53(31-28-47-34-51(78)62(52(79)35-47)77(83,84)85)67(103)97-39-50(111-17-3)37-55(97)66(102)88-75(43-74(5,6)44-75)73(109)95(14)64(48-23-20-21-24-48)72(108)94(13)56(68(104)89(7)8)38-60(99)93(58)12/h18-19,45-58,62-64H,15-17,20-44H2,1-14H3,(H,86,98)(H,87,101)(H,88,102)/b19-18-/t45-,46?,47?,49?,50+,51?,52?,53-,54-,55-,56-,57-,58-,62?,63-,64-/m0/s1. The molecule has 0 aromatic rings. The van der Waals surface area contributed by atoms with Crippen molar-refractivity contribution in [1.29, 1.82) is 0 Å². The first kappa shape index (κ1) is 90.9. The van der Waals surface area contributed by atoms with Crippen molar-refractivity contribution in [2.24, 2.45) is 40.9 Å². The Morgan fingerprint density at radius 1 is 0.658 bits per heavy atom. The van der Waals surface area contributed by atoms with E-state index in [1.807, 2.05) is 20.8 Å². The van der Waals surface area contributed by atoms with Crippen LogP contribution in [0.15, 0.2) is 12.2 Å². The van der Waals surface area contributed by atoms with Gasteiger partial charge in [0.25, 0.3) is 0 Å². The number of carbonyl (C=O) groups is 12. The lowest BCUT2D eigenvalue weighted by molar-refractivity contribution is -0.219. The van der Waals surface area contributed by atoms with E-state index in [-0.39, 0.29) is 96.9 Å². The van der Waals surface area contributed by atoms with Gasteiger partial charge in [-0.2, -0.15) is 26.3 Å². The van der Waals surface area contributed by atoms with Crippen molar-refractivity contribution in [3.8, 4) is 0 Å². The van der Waals surface area contributed by atoms with Crippen molar-refractivity contribution >= 4 is 70.9 Å². The summed E-state index contributed by atoms with van der Waals surface area (Å²) < 4.78 is 127. The van der Waals surface area contributed by atoms with Crippen LogP contribution in [0.25, 0.3) is 0 Å². The average molecular weight is 1590 g/mol. The Kier molecular flexibility index (Phi) is 31.7. The van der Waals surface area contributed by atoms with Crippen LogP contribution in [0.2, 0.25) is 0 Å². The van der Waals surface area contributed by atoms with Crippen molar-refractivity contribution in [3.05, 3.63) is 12.2 Å². The summed E-state index contributed by atoms with van der Waals surface area (Å²) in [6.07, 6.45) is -13.6. The monoisotopic (exact) mass is 1590 g/mol. The third-order valence-corrected chi connectivity index (χ3v) is 24.2. The van der Waals surface area contributed by atoms with Gasteiger partial charge in [-0.1, -0.05) is 66.0 Å². The zero-order chi connectivity index (χ0) is 82.7. The normalized spacial score (nSPS) is 31.9. The van der Waals surface area contributed by atoms with Crippen molar-refractivity contribution in [2.45, 2.75) is 261 Å². The third-order valence-electron chi connectivity index (χ3n) is 24.2. The molecule has 12 atom stereocenters. The maximum atomic E-state index is 15.8. The molecule has 3 N–H and O–H groups in total. The van der Waals surface area contributed by atoms with Gasteiger partial charge in [0.05, 0.1) is 38.1 Å². The third kappa shape index (κ3) is 22.4. The van der Waals surface area contributed by atoms with E-state index in [0.29, 0.717) is 38.5 Å². The number of hydrogen-bond acceptors (Lipinski definition) is 14. The summed E-state index contributed by atoms with van der Waals surface area (Å²) >= 11 is 0. The molecule has 111 heavy (non-hydrogen) atoms. The van der Waals surface area contributed by atoms with Crippen LogP contribution >= 0.6 is 0 Å². The molecule has 0 radical (unpaired) electrons. The van der Waals surface area contributed by atoms with Crippen LogP contribution in [0.5, 0.6) is 0 Å². The summed E-state index contributed by atoms with van der Waals surface area (Å²) in [7, 11) is 10.7. The first-order valence-corrected chi connectivity index (χ1v) is 39.5. The minimum atomic E-state index is -5.22. The van der Waals surface area contributed by atoms with Crippen LogP contribution in [-0.2, 0) is 67.0 Å². The maximum Gasteiger partial charge on any atom is 0.397 e. The highest BCUT2D eigenvalue weighted by Gasteiger charge is 2.60. The number of fused-ring (bicyclic) bond motifs is 3. The number of nitrogens with zero attached hydrogens (tertiary/aromatic N) is 9. The summed E-state index contributed by atoms with van der Waals surface area (Å²) in [6, 6.07) is -11.8. The highest BCUT2D eigenvalue weighted by Crippen LogP contribution is 2.50. The summed E-state index contributed by atoms with van der Waals surface area (Å²) in [4.78, 5) is 192. The van der Waals surface area contributed by atoms with Crippen LogP contribution in [0.1, 0.15) is 176 Å². The average Bonchev–Trinajstić information content (AvgIpc) is 1.73. The van der Waals surface area contributed by atoms with Crippen molar-refractivity contribution in [1.82, 2.24) is 60.0 Å². The molecule has 7 aliphatic rings. The second-order valence-corrected chi connectivity index (χ2v) is 33.3. The number of nitrogens with one attached hydrogen (secondary N) is 3.